The third kappa shape index (κ3) is 6.16. The quantitative estimate of drug-likeness (QED) is 0.471. The van der Waals surface area contributed by atoms with Gasteiger partial charge in [-0.15, -0.1) is 0 Å². The number of piperidine rings is 1. The van der Waals surface area contributed by atoms with Crippen molar-refractivity contribution >= 4 is 21.7 Å². The molecule has 4 heterocycles. The molecule has 2 aliphatic rings. The van der Waals surface area contributed by atoms with E-state index >= 15 is 0 Å². The zero-order valence-corrected chi connectivity index (χ0v) is 21.7. The zero-order valence-electron chi connectivity index (χ0n) is 20.9. The SMILES string of the molecule is O=S(=O)(c1ccc(-c2ccc(N3CCOCC3)nc2)cc1)N1CC[C@@H](Nc2ccc(C(F)(F)F)cn2)[C@@H](O)C1. The van der Waals surface area contributed by atoms with Crippen molar-refractivity contribution < 1.29 is 31.4 Å². The van der Waals surface area contributed by atoms with Gasteiger partial charge in [0.25, 0.3) is 0 Å². The summed E-state index contributed by atoms with van der Waals surface area (Å²) in [5, 5.41) is 13.5. The molecule has 39 heavy (non-hydrogen) atoms. The number of hydrogen-bond donors (Lipinski definition) is 2. The number of β-amino-alcohol motifs (C(OH)–C–C–N with tert-alkyl or cyclic N) is 1. The molecule has 0 amide bonds. The van der Waals surface area contributed by atoms with Gasteiger partial charge in [0, 0.05) is 44.1 Å². The van der Waals surface area contributed by atoms with Crippen LogP contribution < -0.4 is 10.2 Å². The van der Waals surface area contributed by atoms with Gasteiger partial charge in [-0.2, -0.15) is 17.5 Å². The molecular weight excluding hydrogens is 535 g/mol. The molecule has 0 unspecified atom stereocenters. The lowest BCUT2D eigenvalue weighted by atomic mass is 10.0. The van der Waals surface area contributed by atoms with Gasteiger partial charge in [-0.1, -0.05) is 12.1 Å². The number of aromatic nitrogens is 2. The van der Waals surface area contributed by atoms with Gasteiger partial charge in [-0.05, 0) is 48.4 Å². The minimum Gasteiger partial charge on any atom is -0.390 e. The lowest BCUT2D eigenvalue weighted by Crippen LogP contribution is -2.51. The second-order valence-corrected chi connectivity index (χ2v) is 11.4. The number of aliphatic hydroxyl groups excluding tert-OH is 1. The van der Waals surface area contributed by atoms with Crippen LogP contribution in [-0.4, -0.2) is 79.3 Å². The minimum absolute atomic E-state index is 0.104. The van der Waals surface area contributed by atoms with Gasteiger partial charge in [0.2, 0.25) is 10.0 Å². The second-order valence-electron chi connectivity index (χ2n) is 9.43. The highest BCUT2D eigenvalue weighted by molar-refractivity contribution is 7.89. The molecule has 2 aliphatic heterocycles. The Morgan fingerprint density at radius 1 is 0.923 bits per heavy atom. The lowest BCUT2D eigenvalue weighted by molar-refractivity contribution is -0.137. The first-order valence-corrected chi connectivity index (χ1v) is 13.9. The molecule has 0 aliphatic carbocycles. The molecule has 5 rings (SSSR count). The smallest absolute Gasteiger partial charge is 0.390 e. The number of alkyl halides is 3. The summed E-state index contributed by atoms with van der Waals surface area (Å²) in [7, 11) is -3.86. The van der Waals surface area contributed by atoms with E-state index in [1.807, 2.05) is 12.1 Å². The van der Waals surface area contributed by atoms with Crippen LogP contribution in [-0.2, 0) is 20.9 Å². The largest absolute Gasteiger partial charge is 0.417 e. The summed E-state index contributed by atoms with van der Waals surface area (Å²) in [6.07, 6.45) is -2.84. The molecule has 2 fully saturated rings. The number of pyridine rings is 2. The molecule has 13 heteroatoms. The maximum atomic E-state index is 13.2. The predicted molar refractivity (Wildman–Crippen MR) is 139 cm³/mol. The van der Waals surface area contributed by atoms with Gasteiger partial charge >= 0.3 is 6.18 Å². The average molecular weight is 564 g/mol. The van der Waals surface area contributed by atoms with Crippen LogP contribution in [0, 0.1) is 0 Å². The molecule has 0 bridgehead atoms. The van der Waals surface area contributed by atoms with Crippen LogP contribution in [0.5, 0.6) is 0 Å². The van der Waals surface area contributed by atoms with E-state index in [0.29, 0.717) is 19.4 Å². The zero-order chi connectivity index (χ0) is 27.6. The Morgan fingerprint density at radius 2 is 1.64 bits per heavy atom. The van der Waals surface area contributed by atoms with Crippen LogP contribution in [0.2, 0.25) is 0 Å². The van der Waals surface area contributed by atoms with Gasteiger partial charge in [0.05, 0.1) is 35.8 Å². The Bertz CT molecular complexity index is 1360. The predicted octanol–water partition coefficient (Wildman–Crippen LogP) is 3.24. The Balaban J connectivity index is 1.21. The van der Waals surface area contributed by atoms with E-state index in [9.17, 15) is 26.7 Å². The molecule has 2 atom stereocenters. The number of ether oxygens (including phenoxy) is 1. The summed E-state index contributed by atoms with van der Waals surface area (Å²) < 4.78 is 71.3. The van der Waals surface area contributed by atoms with Gasteiger partial charge in [-0.3, -0.25) is 0 Å². The standard InChI is InChI=1S/C26H28F3N5O4S/c27-26(28,29)20-4-7-24(30-16-20)32-22-9-10-34(17-23(22)35)39(36,37)21-5-1-18(2-6-21)19-3-8-25(31-15-19)33-11-13-38-14-12-33/h1-8,15-16,22-23,35H,9-14,17H2,(H,30,32)/t22-,23+/m1/s1. The summed E-state index contributed by atoms with van der Waals surface area (Å²) in [4.78, 5) is 10.6. The maximum Gasteiger partial charge on any atom is 0.417 e. The summed E-state index contributed by atoms with van der Waals surface area (Å²) in [6, 6.07) is 11.9. The Morgan fingerprint density at radius 3 is 2.23 bits per heavy atom. The summed E-state index contributed by atoms with van der Waals surface area (Å²) >= 11 is 0. The van der Waals surface area contributed by atoms with Crippen molar-refractivity contribution in [3.8, 4) is 11.1 Å². The fourth-order valence-corrected chi connectivity index (χ4v) is 6.10. The number of aliphatic hydroxyl groups is 1. The van der Waals surface area contributed by atoms with E-state index in [2.05, 4.69) is 20.2 Å². The monoisotopic (exact) mass is 563 g/mol. The number of hydrogen-bond acceptors (Lipinski definition) is 8. The van der Waals surface area contributed by atoms with Gasteiger partial charge in [0.1, 0.15) is 11.6 Å². The van der Waals surface area contributed by atoms with Crippen molar-refractivity contribution in [3.63, 3.8) is 0 Å². The molecule has 0 saturated carbocycles. The Kier molecular flexibility index (Phi) is 7.76. The fourth-order valence-electron chi connectivity index (χ4n) is 4.63. The van der Waals surface area contributed by atoms with E-state index in [0.717, 1.165) is 36.1 Å². The number of rotatable bonds is 6. The van der Waals surface area contributed by atoms with E-state index in [1.165, 1.54) is 22.5 Å². The van der Waals surface area contributed by atoms with E-state index < -0.39 is 33.9 Å². The van der Waals surface area contributed by atoms with Crippen molar-refractivity contribution in [2.45, 2.75) is 29.6 Å². The van der Waals surface area contributed by atoms with Gasteiger partial charge in [-0.25, -0.2) is 18.4 Å². The second kappa shape index (κ2) is 11.1. The summed E-state index contributed by atoms with van der Waals surface area (Å²) in [5.74, 6) is 1.04. The number of benzene rings is 1. The van der Waals surface area contributed by atoms with Crippen LogP contribution in [0.3, 0.4) is 0 Å². The number of sulfonamides is 1. The number of nitrogens with zero attached hydrogens (tertiary/aromatic N) is 4. The molecule has 1 aromatic carbocycles. The van der Waals surface area contributed by atoms with Crippen LogP contribution in [0.4, 0.5) is 24.8 Å². The molecule has 208 valence electrons. The van der Waals surface area contributed by atoms with Gasteiger partial charge in [0.15, 0.2) is 0 Å². The molecule has 2 N–H and O–H groups in total. The summed E-state index contributed by atoms with van der Waals surface area (Å²) in [5.41, 5.74) is 0.805. The number of nitrogens with one attached hydrogen (secondary N) is 1. The van der Waals surface area contributed by atoms with Crippen LogP contribution >= 0.6 is 0 Å². The highest BCUT2D eigenvalue weighted by atomic mass is 32.2. The molecule has 0 spiro atoms. The number of halogens is 3. The average Bonchev–Trinajstić information content (AvgIpc) is 2.94. The van der Waals surface area contributed by atoms with Crippen molar-refractivity contribution in [3.05, 3.63) is 66.5 Å². The molecule has 2 saturated heterocycles. The van der Waals surface area contributed by atoms with Crippen LogP contribution in [0.15, 0.2) is 65.8 Å². The molecule has 3 aromatic rings. The van der Waals surface area contributed by atoms with Crippen LogP contribution in [0.1, 0.15) is 12.0 Å². The normalized spacial score (nSPS) is 21.1. The first-order valence-electron chi connectivity index (χ1n) is 12.5. The van der Waals surface area contributed by atoms with Crippen molar-refractivity contribution in [1.29, 1.82) is 0 Å². The third-order valence-corrected chi connectivity index (χ3v) is 8.76. The first-order chi connectivity index (χ1) is 18.6. The number of anilines is 2. The highest BCUT2D eigenvalue weighted by Gasteiger charge is 2.35. The summed E-state index contributed by atoms with van der Waals surface area (Å²) in [6.45, 7) is 2.88. The lowest BCUT2D eigenvalue weighted by Gasteiger charge is -2.35. The first kappa shape index (κ1) is 27.3. The van der Waals surface area contributed by atoms with Crippen molar-refractivity contribution in [2.75, 3.05) is 49.6 Å². The Hall–Kier alpha value is -3.26. The van der Waals surface area contributed by atoms with E-state index in [4.69, 9.17) is 4.74 Å². The Labute approximate surface area is 224 Å². The van der Waals surface area contributed by atoms with E-state index in [-0.39, 0.29) is 30.2 Å². The molecule has 9 nitrogen and oxygen atoms in total. The van der Waals surface area contributed by atoms with Crippen molar-refractivity contribution in [2.24, 2.45) is 0 Å². The molecular formula is C26H28F3N5O4S. The van der Waals surface area contributed by atoms with Crippen LogP contribution in [0.25, 0.3) is 11.1 Å². The highest BCUT2D eigenvalue weighted by Crippen LogP contribution is 2.30. The topological polar surface area (TPSA) is 108 Å². The van der Waals surface area contributed by atoms with E-state index in [1.54, 1.807) is 18.3 Å². The fraction of sp³-hybridized carbons (Fsp3) is 0.385. The minimum atomic E-state index is -4.49. The molecule has 0 radical (unpaired) electrons. The van der Waals surface area contributed by atoms with Gasteiger partial charge < -0.3 is 20.1 Å². The molecule has 2 aromatic heterocycles. The third-order valence-electron chi connectivity index (χ3n) is 6.88. The number of morpholine rings is 1. The maximum absolute atomic E-state index is 13.2. The van der Waals surface area contributed by atoms with Crippen molar-refractivity contribution in [1.82, 2.24) is 14.3 Å².